The van der Waals surface area contributed by atoms with Crippen molar-refractivity contribution in [2.45, 2.75) is 11.8 Å². The average molecular weight is 394 g/mol. The number of halogens is 1. The molecule has 26 heavy (non-hydrogen) atoms. The van der Waals surface area contributed by atoms with E-state index in [0.717, 1.165) is 22.6 Å². The lowest BCUT2D eigenvalue weighted by molar-refractivity contribution is -0.127. The first-order chi connectivity index (χ1) is 12.4. The van der Waals surface area contributed by atoms with Gasteiger partial charge < -0.3 is 4.90 Å². The molecular formula is C18H19FN2O3S2. The van der Waals surface area contributed by atoms with E-state index in [4.69, 9.17) is 0 Å². The number of rotatable bonds is 4. The van der Waals surface area contributed by atoms with E-state index < -0.39 is 15.8 Å². The molecule has 0 saturated carbocycles. The third-order valence-corrected chi connectivity index (χ3v) is 7.18. The summed E-state index contributed by atoms with van der Waals surface area (Å²) < 4.78 is 39.5. The van der Waals surface area contributed by atoms with Crippen LogP contribution in [0.15, 0.2) is 46.7 Å². The number of carbonyl (C=O) groups is 1. The number of sulfonamides is 1. The molecular weight excluding hydrogens is 375 g/mol. The lowest BCUT2D eigenvalue weighted by Gasteiger charge is -2.33. The summed E-state index contributed by atoms with van der Waals surface area (Å²) in [5.41, 5.74) is 1.12. The van der Waals surface area contributed by atoms with E-state index in [1.54, 1.807) is 22.3 Å². The summed E-state index contributed by atoms with van der Waals surface area (Å²) in [5.74, 6) is -0.608. The van der Waals surface area contributed by atoms with Gasteiger partial charge in [0.1, 0.15) is 5.82 Å². The summed E-state index contributed by atoms with van der Waals surface area (Å²) in [5, 5.41) is 1.97. The van der Waals surface area contributed by atoms with E-state index in [1.165, 1.54) is 22.5 Å². The molecule has 0 unspecified atom stereocenters. The lowest BCUT2D eigenvalue weighted by atomic mass is 10.2. The molecule has 1 aromatic heterocycles. The molecule has 1 aliphatic rings. The maximum atomic E-state index is 13.0. The van der Waals surface area contributed by atoms with Crippen LogP contribution in [-0.4, -0.2) is 49.7 Å². The van der Waals surface area contributed by atoms with Gasteiger partial charge in [0, 0.05) is 37.1 Å². The molecule has 1 amide bonds. The Morgan fingerprint density at radius 3 is 2.35 bits per heavy atom. The molecule has 2 aromatic rings. The van der Waals surface area contributed by atoms with Gasteiger partial charge in [0.25, 0.3) is 0 Å². The fraction of sp³-hybridized carbons (Fsp3) is 0.278. The smallest absolute Gasteiger partial charge is 0.246 e. The van der Waals surface area contributed by atoms with Crippen LogP contribution < -0.4 is 0 Å². The first-order valence-electron chi connectivity index (χ1n) is 8.15. The van der Waals surface area contributed by atoms with E-state index in [0.29, 0.717) is 13.1 Å². The van der Waals surface area contributed by atoms with E-state index in [-0.39, 0.29) is 23.9 Å². The number of benzene rings is 1. The number of hydrogen-bond donors (Lipinski definition) is 0. The molecule has 0 N–H and O–H groups in total. The number of piperazine rings is 1. The molecule has 3 rings (SSSR count). The highest BCUT2D eigenvalue weighted by Crippen LogP contribution is 2.19. The molecule has 0 spiro atoms. The normalized spacial score (nSPS) is 16.3. The predicted octanol–water partition coefficient (Wildman–Crippen LogP) is 2.74. The fourth-order valence-electron chi connectivity index (χ4n) is 2.71. The van der Waals surface area contributed by atoms with Crippen LogP contribution in [0.4, 0.5) is 4.39 Å². The number of nitrogens with zero attached hydrogens (tertiary/aromatic N) is 2. The van der Waals surface area contributed by atoms with Gasteiger partial charge in [0.05, 0.1) is 4.90 Å². The highest BCUT2D eigenvalue weighted by atomic mass is 32.2. The molecule has 1 fully saturated rings. The van der Waals surface area contributed by atoms with Crippen molar-refractivity contribution in [3.05, 3.63) is 58.0 Å². The average Bonchev–Trinajstić information content (AvgIpc) is 3.05. The molecule has 0 atom stereocenters. The Balaban J connectivity index is 1.61. The minimum absolute atomic E-state index is 0.0618. The first kappa shape index (κ1) is 18.8. The fourth-order valence-corrected chi connectivity index (χ4v) is 4.95. The number of amides is 1. The predicted molar refractivity (Wildman–Crippen MR) is 99.8 cm³/mol. The van der Waals surface area contributed by atoms with Crippen LogP contribution in [0.3, 0.4) is 0 Å². The Labute approximate surface area is 156 Å². The molecule has 138 valence electrons. The quantitative estimate of drug-likeness (QED) is 0.750. The largest absolute Gasteiger partial charge is 0.337 e. The monoisotopic (exact) mass is 394 g/mol. The third-order valence-electron chi connectivity index (χ3n) is 4.28. The number of aryl methyl sites for hydroxylation is 1. The van der Waals surface area contributed by atoms with Crippen molar-refractivity contribution in [3.8, 4) is 0 Å². The molecule has 0 aliphatic carbocycles. The highest BCUT2D eigenvalue weighted by Gasteiger charge is 2.29. The van der Waals surface area contributed by atoms with Gasteiger partial charge in [-0.3, -0.25) is 4.79 Å². The van der Waals surface area contributed by atoms with E-state index >= 15 is 0 Å². The molecule has 1 aliphatic heterocycles. The maximum Gasteiger partial charge on any atom is 0.246 e. The minimum Gasteiger partial charge on any atom is -0.337 e. The third kappa shape index (κ3) is 4.03. The zero-order valence-electron chi connectivity index (χ0n) is 14.3. The van der Waals surface area contributed by atoms with Crippen molar-refractivity contribution in [2.24, 2.45) is 0 Å². The molecule has 1 saturated heterocycles. The van der Waals surface area contributed by atoms with Crippen molar-refractivity contribution in [3.63, 3.8) is 0 Å². The van der Waals surface area contributed by atoms with Gasteiger partial charge in [-0.25, -0.2) is 12.8 Å². The van der Waals surface area contributed by atoms with Crippen molar-refractivity contribution in [2.75, 3.05) is 26.2 Å². The Morgan fingerprint density at radius 1 is 1.12 bits per heavy atom. The van der Waals surface area contributed by atoms with Gasteiger partial charge in [0.2, 0.25) is 15.9 Å². The Morgan fingerprint density at radius 2 is 1.77 bits per heavy atom. The molecule has 1 aromatic carbocycles. The maximum absolute atomic E-state index is 13.0. The Kier molecular flexibility index (Phi) is 5.55. The van der Waals surface area contributed by atoms with Crippen LogP contribution in [0.5, 0.6) is 0 Å². The van der Waals surface area contributed by atoms with Crippen molar-refractivity contribution < 1.29 is 17.6 Å². The van der Waals surface area contributed by atoms with E-state index in [9.17, 15) is 17.6 Å². The molecule has 2 heterocycles. The summed E-state index contributed by atoms with van der Waals surface area (Å²) in [6.07, 6.45) is 3.33. The standard InChI is InChI=1S/C18H19FN2O3S2/c1-14-8-13-25-17(14)6-7-18(22)20-9-11-21(12-10-20)26(23,24)16-4-2-15(19)3-5-16/h2-8,13H,9-12H2,1H3/b7-6+. The summed E-state index contributed by atoms with van der Waals surface area (Å²) in [6, 6.07) is 6.77. The molecule has 0 bridgehead atoms. The van der Waals surface area contributed by atoms with E-state index in [2.05, 4.69) is 0 Å². The summed E-state index contributed by atoms with van der Waals surface area (Å²) in [6.45, 7) is 3.08. The molecule has 5 nitrogen and oxygen atoms in total. The number of thiophene rings is 1. The van der Waals surface area contributed by atoms with Crippen LogP contribution in [-0.2, 0) is 14.8 Å². The topological polar surface area (TPSA) is 57.7 Å². The summed E-state index contributed by atoms with van der Waals surface area (Å²) >= 11 is 1.57. The second-order valence-corrected chi connectivity index (χ2v) is 8.87. The van der Waals surface area contributed by atoms with Crippen LogP contribution in [0, 0.1) is 12.7 Å². The molecule has 0 radical (unpaired) electrons. The van der Waals surface area contributed by atoms with Crippen LogP contribution in [0.25, 0.3) is 6.08 Å². The van der Waals surface area contributed by atoms with Gasteiger partial charge in [-0.15, -0.1) is 11.3 Å². The van der Waals surface area contributed by atoms with Crippen molar-refractivity contribution >= 4 is 33.3 Å². The second-order valence-electron chi connectivity index (χ2n) is 5.98. The van der Waals surface area contributed by atoms with Gasteiger partial charge in [-0.1, -0.05) is 0 Å². The van der Waals surface area contributed by atoms with Crippen LogP contribution >= 0.6 is 11.3 Å². The molecule has 8 heteroatoms. The van der Waals surface area contributed by atoms with Crippen LogP contribution in [0.2, 0.25) is 0 Å². The van der Waals surface area contributed by atoms with E-state index in [1.807, 2.05) is 18.4 Å². The Bertz CT molecular complexity index is 912. The first-order valence-corrected chi connectivity index (χ1v) is 10.5. The van der Waals surface area contributed by atoms with Gasteiger partial charge >= 0.3 is 0 Å². The van der Waals surface area contributed by atoms with Gasteiger partial charge in [0.15, 0.2) is 0 Å². The van der Waals surface area contributed by atoms with Gasteiger partial charge in [-0.2, -0.15) is 4.31 Å². The lowest BCUT2D eigenvalue weighted by Crippen LogP contribution is -2.50. The van der Waals surface area contributed by atoms with Crippen molar-refractivity contribution in [1.82, 2.24) is 9.21 Å². The summed E-state index contributed by atoms with van der Waals surface area (Å²) in [7, 11) is -3.67. The summed E-state index contributed by atoms with van der Waals surface area (Å²) in [4.78, 5) is 15.0. The van der Waals surface area contributed by atoms with Crippen molar-refractivity contribution in [1.29, 1.82) is 0 Å². The van der Waals surface area contributed by atoms with Gasteiger partial charge in [-0.05, 0) is 54.3 Å². The van der Waals surface area contributed by atoms with Crippen LogP contribution in [0.1, 0.15) is 10.4 Å². The minimum atomic E-state index is -3.67. The SMILES string of the molecule is Cc1ccsc1/C=C/C(=O)N1CCN(S(=O)(=O)c2ccc(F)cc2)CC1. The zero-order valence-corrected chi connectivity index (χ0v) is 15.9. The highest BCUT2D eigenvalue weighted by molar-refractivity contribution is 7.89. The second kappa shape index (κ2) is 7.69. The zero-order chi connectivity index (χ0) is 18.7. The number of hydrogen-bond acceptors (Lipinski definition) is 4. The number of carbonyl (C=O) groups excluding carboxylic acids is 1. The Hall–Kier alpha value is -2.03.